The number of phenols is 1. The zero-order valence-electron chi connectivity index (χ0n) is 14.3. The standard InChI is InChI=1S/C20H18BrN3OS/c1-3-12-22-20-24(23-14(2)15-8-10-16(25)11-9-15)19(13-26-20)17-6-4-5-7-18(17)21/h3-11,13,25H,1,12H2,2H3. The normalized spacial score (nSPS) is 12.4. The molecule has 2 aromatic carbocycles. The number of halogens is 1. The lowest BCUT2D eigenvalue weighted by atomic mass is 10.1. The van der Waals surface area contributed by atoms with E-state index in [-0.39, 0.29) is 5.75 Å². The fraction of sp³-hybridized carbons (Fsp3) is 0.100. The lowest BCUT2D eigenvalue weighted by Crippen LogP contribution is -2.14. The summed E-state index contributed by atoms with van der Waals surface area (Å²) in [5, 5.41) is 16.3. The summed E-state index contributed by atoms with van der Waals surface area (Å²) in [4.78, 5) is 5.36. The van der Waals surface area contributed by atoms with Gasteiger partial charge in [-0.3, -0.25) is 4.99 Å². The van der Waals surface area contributed by atoms with Gasteiger partial charge in [0.25, 0.3) is 0 Å². The second-order valence-electron chi connectivity index (χ2n) is 5.56. The molecule has 0 aliphatic carbocycles. The van der Waals surface area contributed by atoms with Crippen LogP contribution in [0.1, 0.15) is 12.5 Å². The van der Waals surface area contributed by atoms with Crippen LogP contribution in [0.2, 0.25) is 0 Å². The summed E-state index contributed by atoms with van der Waals surface area (Å²) in [5.41, 5.74) is 3.78. The van der Waals surface area contributed by atoms with Gasteiger partial charge in [0.05, 0.1) is 18.0 Å². The van der Waals surface area contributed by atoms with Gasteiger partial charge in [-0.25, -0.2) is 4.68 Å². The molecule has 0 radical (unpaired) electrons. The Kier molecular flexibility index (Phi) is 5.85. The fourth-order valence-corrected chi connectivity index (χ4v) is 3.73. The monoisotopic (exact) mass is 427 g/mol. The Morgan fingerprint density at radius 2 is 1.96 bits per heavy atom. The molecule has 0 spiro atoms. The van der Waals surface area contributed by atoms with E-state index >= 15 is 0 Å². The van der Waals surface area contributed by atoms with Gasteiger partial charge in [0.15, 0.2) is 0 Å². The third kappa shape index (κ3) is 4.03. The van der Waals surface area contributed by atoms with Crippen LogP contribution in [0.25, 0.3) is 11.3 Å². The van der Waals surface area contributed by atoms with E-state index in [4.69, 9.17) is 5.10 Å². The molecular weight excluding hydrogens is 410 g/mol. The summed E-state index contributed by atoms with van der Waals surface area (Å²) in [7, 11) is 0. The van der Waals surface area contributed by atoms with Gasteiger partial charge in [-0.2, -0.15) is 5.10 Å². The predicted molar refractivity (Wildman–Crippen MR) is 112 cm³/mol. The van der Waals surface area contributed by atoms with Gasteiger partial charge in [0.2, 0.25) is 4.80 Å². The van der Waals surface area contributed by atoms with Crippen molar-refractivity contribution in [3.8, 4) is 17.0 Å². The average molecular weight is 428 g/mol. The highest BCUT2D eigenvalue weighted by Gasteiger charge is 2.11. The summed E-state index contributed by atoms with van der Waals surface area (Å²) in [6.45, 7) is 6.21. The first kappa shape index (κ1) is 18.4. The van der Waals surface area contributed by atoms with Crippen molar-refractivity contribution in [1.29, 1.82) is 0 Å². The van der Waals surface area contributed by atoms with E-state index in [1.54, 1.807) is 18.2 Å². The van der Waals surface area contributed by atoms with Gasteiger partial charge < -0.3 is 5.11 Å². The van der Waals surface area contributed by atoms with Crippen LogP contribution in [0.4, 0.5) is 0 Å². The summed E-state index contributed by atoms with van der Waals surface area (Å²) >= 11 is 5.16. The zero-order chi connectivity index (χ0) is 18.5. The van der Waals surface area contributed by atoms with Gasteiger partial charge in [-0.15, -0.1) is 17.9 Å². The van der Waals surface area contributed by atoms with E-state index in [2.05, 4.69) is 32.9 Å². The van der Waals surface area contributed by atoms with Crippen LogP contribution < -0.4 is 4.80 Å². The van der Waals surface area contributed by atoms with Crippen molar-refractivity contribution in [2.45, 2.75) is 6.92 Å². The molecule has 132 valence electrons. The Labute approximate surface area is 164 Å². The molecule has 3 aromatic rings. The molecule has 1 heterocycles. The number of aromatic nitrogens is 1. The van der Waals surface area contributed by atoms with Crippen LogP contribution in [-0.4, -0.2) is 22.0 Å². The number of benzene rings is 2. The molecule has 3 rings (SSSR count). The Balaban J connectivity index is 2.16. The topological polar surface area (TPSA) is 49.9 Å². The SMILES string of the molecule is C=CCN=c1scc(-c2ccccc2Br)n1N=C(C)c1ccc(O)cc1. The Bertz CT molecular complexity index is 1020. The molecule has 0 atom stereocenters. The molecule has 0 saturated heterocycles. The summed E-state index contributed by atoms with van der Waals surface area (Å²) in [6, 6.07) is 15.0. The lowest BCUT2D eigenvalue weighted by molar-refractivity contribution is 0.475. The summed E-state index contributed by atoms with van der Waals surface area (Å²) in [6.07, 6.45) is 1.76. The van der Waals surface area contributed by atoms with Crippen molar-refractivity contribution in [3.63, 3.8) is 0 Å². The summed E-state index contributed by atoms with van der Waals surface area (Å²) < 4.78 is 2.86. The Hall–Kier alpha value is -2.44. The van der Waals surface area contributed by atoms with E-state index < -0.39 is 0 Å². The fourth-order valence-electron chi connectivity index (χ4n) is 2.41. The van der Waals surface area contributed by atoms with Crippen molar-refractivity contribution in [2.24, 2.45) is 10.1 Å². The van der Waals surface area contributed by atoms with Crippen LogP contribution >= 0.6 is 27.3 Å². The van der Waals surface area contributed by atoms with Crippen LogP contribution in [-0.2, 0) is 0 Å². The van der Waals surface area contributed by atoms with E-state index in [0.29, 0.717) is 6.54 Å². The first-order chi connectivity index (χ1) is 12.6. The van der Waals surface area contributed by atoms with E-state index in [9.17, 15) is 5.11 Å². The molecule has 4 nitrogen and oxygen atoms in total. The number of nitrogens with zero attached hydrogens (tertiary/aromatic N) is 3. The highest BCUT2D eigenvalue weighted by Crippen LogP contribution is 2.28. The maximum atomic E-state index is 9.49. The Morgan fingerprint density at radius 1 is 1.23 bits per heavy atom. The molecule has 1 aromatic heterocycles. The first-order valence-electron chi connectivity index (χ1n) is 8.02. The lowest BCUT2D eigenvalue weighted by Gasteiger charge is -2.08. The smallest absolute Gasteiger partial charge is 0.206 e. The number of thiazole rings is 1. The van der Waals surface area contributed by atoms with Crippen molar-refractivity contribution in [2.75, 3.05) is 6.54 Å². The number of hydrogen-bond donors (Lipinski definition) is 1. The van der Waals surface area contributed by atoms with E-state index in [1.165, 1.54) is 11.3 Å². The van der Waals surface area contributed by atoms with Crippen LogP contribution in [0.15, 0.2) is 81.1 Å². The van der Waals surface area contributed by atoms with Gasteiger partial charge >= 0.3 is 0 Å². The summed E-state index contributed by atoms with van der Waals surface area (Å²) in [5.74, 6) is 0.236. The minimum Gasteiger partial charge on any atom is -0.508 e. The highest BCUT2D eigenvalue weighted by molar-refractivity contribution is 9.10. The number of phenolic OH excluding ortho intramolecular Hbond substituents is 1. The molecular formula is C20H18BrN3OS. The van der Waals surface area contributed by atoms with Crippen molar-refractivity contribution < 1.29 is 5.11 Å². The first-order valence-corrected chi connectivity index (χ1v) is 9.69. The molecule has 0 saturated carbocycles. The molecule has 1 N–H and O–H groups in total. The number of aromatic hydroxyl groups is 1. The number of hydrogen-bond acceptors (Lipinski definition) is 4. The molecule has 0 fully saturated rings. The third-order valence-corrected chi connectivity index (χ3v) is 5.27. The van der Waals surface area contributed by atoms with Crippen LogP contribution in [0.3, 0.4) is 0 Å². The van der Waals surface area contributed by atoms with Gasteiger partial charge in [-0.1, -0.05) is 40.2 Å². The maximum absolute atomic E-state index is 9.49. The van der Waals surface area contributed by atoms with Crippen LogP contribution in [0, 0.1) is 0 Å². The molecule has 0 amide bonds. The minimum atomic E-state index is 0.236. The maximum Gasteiger partial charge on any atom is 0.206 e. The Morgan fingerprint density at radius 3 is 2.65 bits per heavy atom. The minimum absolute atomic E-state index is 0.236. The second kappa shape index (κ2) is 8.29. The van der Waals surface area contributed by atoms with E-state index in [0.717, 1.165) is 31.8 Å². The third-order valence-electron chi connectivity index (χ3n) is 3.73. The van der Waals surface area contributed by atoms with Crippen LogP contribution in [0.5, 0.6) is 5.75 Å². The molecule has 0 bridgehead atoms. The van der Waals surface area contributed by atoms with Crippen molar-refractivity contribution >= 4 is 33.0 Å². The highest BCUT2D eigenvalue weighted by atomic mass is 79.9. The van der Waals surface area contributed by atoms with Crippen molar-refractivity contribution in [1.82, 2.24) is 4.68 Å². The van der Waals surface area contributed by atoms with Gasteiger partial charge in [0, 0.05) is 15.4 Å². The molecule has 0 aliphatic heterocycles. The second-order valence-corrected chi connectivity index (χ2v) is 7.25. The average Bonchev–Trinajstić information content (AvgIpc) is 3.03. The van der Waals surface area contributed by atoms with Crippen molar-refractivity contribution in [3.05, 3.63) is 81.4 Å². The molecule has 6 heteroatoms. The zero-order valence-corrected chi connectivity index (χ0v) is 16.7. The quantitative estimate of drug-likeness (QED) is 0.449. The predicted octanol–water partition coefficient (Wildman–Crippen LogP) is 5.04. The van der Waals surface area contributed by atoms with E-state index in [1.807, 2.05) is 48.0 Å². The number of rotatable bonds is 5. The molecule has 0 aliphatic rings. The van der Waals surface area contributed by atoms with Gasteiger partial charge in [-0.05, 0) is 42.8 Å². The van der Waals surface area contributed by atoms with Gasteiger partial charge in [0.1, 0.15) is 5.75 Å². The largest absolute Gasteiger partial charge is 0.508 e. The molecule has 0 unspecified atom stereocenters. The molecule has 26 heavy (non-hydrogen) atoms.